The van der Waals surface area contributed by atoms with Crippen molar-refractivity contribution in [2.75, 3.05) is 51.3 Å². The van der Waals surface area contributed by atoms with Crippen molar-refractivity contribution in [3.8, 4) is 29.1 Å². The number of methoxy groups -OCH3 is 2. The predicted molar refractivity (Wildman–Crippen MR) is 454 cm³/mol. The van der Waals surface area contributed by atoms with E-state index in [0.29, 0.717) is 39.3 Å². The molecule has 3 N–H and O–H groups in total. The molecule has 642 valence electrons. The second kappa shape index (κ2) is 39.9. The van der Waals surface area contributed by atoms with Crippen LogP contribution in [0.25, 0.3) is 11.2 Å². The minimum atomic E-state index is -5.33. The van der Waals surface area contributed by atoms with Crippen molar-refractivity contribution in [2.24, 2.45) is 0 Å². The number of nitriles is 1. The van der Waals surface area contributed by atoms with E-state index in [-0.39, 0.29) is 87.9 Å². The number of para-hydroxylation sites is 2. The van der Waals surface area contributed by atoms with Crippen molar-refractivity contribution in [1.82, 2.24) is 43.3 Å². The Balaban J connectivity index is 0.821. The van der Waals surface area contributed by atoms with Gasteiger partial charge < -0.3 is 57.1 Å². The maximum atomic E-state index is 16.6. The molecule has 0 saturated carbocycles. The first-order chi connectivity index (χ1) is 59.4. The lowest BCUT2D eigenvalue weighted by Gasteiger charge is -2.37. The van der Waals surface area contributed by atoms with E-state index >= 15 is 9.13 Å². The number of phosphoric acid groups is 2. The zero-order chi connectivity index (χ0) is 86.5. The zero-order valence-corrected chi connectivity index (χ0v) is 71.7. The maximum absolute atomic E-state index is 16.6. The molecule has 7 aromatic carbocycles. The number of H-pyrrole nitrogens is 1. The molecule has 11 aromatic rings. The molecule has 123 heavy (non-hydrogen) atoms. The number of hydrogen-bond donors (Lipinski definition) is 3. The molecule has 0 bridgehead atoms. The molecule has 0 radical (unpaired) electrons. The van der Waals surface area contributed by atoms with Crippen molar-refractivity contribution < 1.29 is 83.3 Å². The fraction of sp³-hybridized carbons (Fsp3) is 0.318. The summed E-state index contributed by atoms with van der Waals surface area (Å²) in [6.07, 6.45) is -7.16. The highest BCUT2D eigenvalue weighted by Crippen LogP contribution is 2.59. The van der Waals surface area contributed by atoms with Crippen LogP contribution in [0.5, 0.6) is 23.0 Å². The predicted octanol–water partition coefficient (Wildman–Crippen LogP) is 15.5. The molecule has 14 rings (SSSR count). The van der Waals surface area contributed by atoms with E-state index in [1.54, 1.807) is 128 Å². The molecule has 33 nitrogen and oxygen atoms in total. The Morgan fingerprint density at radius 1 is 0.618 bits per heavy atom. The lowest BCUT2D eigenvalue weighted by molar-refractivity contribution is -0.0949. The lowest BCUT2D eigenvalue weighted by Crippen LogP contribution is -2.38. The number of nitrogens with zero attached hydrogens (tertiary/aromatic N) is 9. The minimum absolute atomic E-state index is 0.00621. The van der Waals surface area contributed by atoms with E-state index in [9.17, 15) is 29.2 Å². The first kappa shape index (κ1) is 88.6. The summed E-state index contributed by atoms with van der Waals surface area (Å²) in [5, 5.41) is 15.1. The summed E-state index contributed by atoms with van der Waals surface area (Å²) in [6, 6.07) is 56.0. The Labute approximate surface area is 717 Å². The zero-order valence-electron chi connectivity index (χ0n) is 67.5. The number of aryl methyl sites for hydroxylation is 1. The van der Waals surface area contributed by atoms with Gasteiger partial charge in [-0.3, -0.25) is 51.2 Å². The summed E-state index contributed by atoms with van der Waals surface area (Å²) in [5.41, 5.74) is -0.883. The second-order valence-corrected chi connectivity index (χ2v) is 34.4. The number of ether oxygens (including phenoxy) is 6. The number of fused-ring (bicyclic) bond motifs is 1. The van der Waals surface area contributed by atoms with Crippen LogP contribution in [0.4, 0.5) is 11.6 Å². The molecule has 12 atom stereocenters. The number of aromatic amines is 1. The molecule has 3 aliphatic rings. The topological polar surface area (TPSA) is 382 Å². The number of carbonyl (C=O) groups is 2. The highest BCUT2D eigenvalue weighted by molar-refractivity contribution is 7.49. The number of amides is 2. The van der Waals surface area contributed by atoms with E-state index < -0.39 is 140 Å². The van der Waals surface area contributed by atoms with Crippen LogP contribution in [0.2, 0.25) is 10.0 Å². The molecular weight excluding hydrogens is 1690 g/mol. The van der Waals surface area contributed by atoms with Gasteiger partial charge in [0.15, 0.2) is 17.0 Å². The Kier molecular flexibility index (Phi) is 28.7. The smallest absolute Gasteiger partial charge is 0.497 e. The van der Waals surface area contributed by atoms with Gasteiger partial charge in [-0.15, -0.1) is 0 Å². The van der Waals surface area contributed by atoms with Gasteiger partial charge in [0.25, 0.3) is 25.9 Å². The molecule has 38 heteroatoms. The average molecular weight is 1780 g/mol. The molecule has 3 aliphatic heterocycles. The highest BCUT2D eigenvalue weighted by Gasteiger charge is 2.51. The second-order valence-electron chi connectivity index (χ2n) is 29.1. The van der Waals surface area contributed by atoms with E-state index in [0.717, 1.165) is 9.13 Å². The van der Waals surface area contributed by atoms with Gasteiger partial charge in [-0.25, -0.2) is 38.3 Å². The Morgan fingerprint density at radius 3 is 1.63 bits per heavy atom. The fourth-order valence-electron chi connectivity index (χ4n) is 14.4. The van der Waals surface area contributed by atoms with Crippen molar-refractivity contribution >= 4 is 82.0 Å². The number of phosphoric ester groups is 2. The molecule has 0 spiro atoms. The van der Waals surface area contributed by atoms with Crippen LogP contribution in [0, 0.1) is 18.3 Å². The summed E-state index contributed by atoms with van der Waals surface area (Å²) in [6.45, 7) is 7.38. The van der Waals surface area contributed by atoms with E-state index in [2.05, 4.69) is 41.6 Å². The largest absolute Gasteiger partial charge is 0.530 e. The van der Waals surface area contributed by atoms with Gasteiger partial charge in [0, 0.05) is 60.4 Å². The third-order valence-electron chi connectivity index (χ3n) is 20.3. The van der Waals surface area contributed by atoms with Crippen molar-refractivity contribution in [1.29, 1.82) is 5.26 Å². The van der Waals surface area contributed by atoms with Gasteiger partial charge in [0.1, 0.15) is 89.9 Å². The number of anilines is 2. The molecule has 3 fully saturated rings. The molecule has 7 heterocycles. The Bertz CT molecular complexity index is 5790. The van der Waals surface area contributed by atoms with Crippen LogP contribution in [-0.2, 0) is 60.8 Å². The summed E-state index contributed by atoms with van der Waals surface area (Å²) < 4.78 is 131. The number of halogens is 2. The fourth-order valence-corrected chi connectivity index (χ4v) is 19.5. The Hall–Kier alpha value is -10.7. The van der Waals surface area contributed by atoms with Gasteiger partial charge in [0.2, 0.25) is 0 Å². The van der Waals surface area contributed by atoms with Crippen LogP contribution in [0.3, 0.4) is 0 Å². The third-order valence-corrected chi connectivity index (χ3v) is 25.9. The van der Waals surface area contributed by atoms with E-state index in [1.807, 2.05) is 87.0 Å². The standard InChI is InChI=1S/C85H87Cl2N12O21P3/c1-53(2)99(54(3)4)121(110-43-21-41-88)116-67-44-76(98-52-91-77-78(89-51-90-79(77)98)94-82(102)57-24-13-9-14-25-57)114-71(67)49-111-122(105,117-65-30-19-17-28-63(65)86)120-69-46-75(97-47-55(5)80(100)95-84(97)104)115-72(69)50-112-123(106,118-66-31-20-18-29-64(66)87)119-68-45-74(96-42-40-73(93-83(96)103)92-81(101)56-22-11-8-12-23-56)113-70(68)48-109-85(58-26-15-10-16-27-58,59-32-36-61(107-6)37-33-59)60-34-38-62(108-7)39-35-60/h8-20,22-40,42,47,51-54,67-72,74-76H,21,43-46,48-50H2,1-7H3,(H,95,100,104)(H,89,90,94,102)(H,92,93,101,103)/t67-,68-,69-,70+,71+,72+,74+,75+,76+,121?,122?,123?/m0/s1. The van der Waals surface area contributed by atoms with Crippen molar-refractivity contribution in [3.05, 3.63) is 294 Å². The Morgan fingerprint density at radius 2 is 1.11 bits per heavy atom. The van der Waals surface area contributed by atoms with Gasteiger partial charge >= 0.3 is 27.0 Å². The molecule has 3 saturated heterocycles. The highest BCUT2D eigenvalue weighted by atomic mass is 35.5. The minimum Gasteiger partial charge on any atom is -0.497 e. The van der Waals surface area contributed by atoms with Crippen LogP contribution in [-0.4, -0.2) is 144 Å². The number of imidazole rings is 1. The maximum Gasteiger partial charge on any atom is 0.530 e. The SMILES string of the molecule is COc1ccc(C(OC[C@H]2O[C@@H](n3ccc(NC(=O)c4ccccc4)nc3=O)C[C@@H]2OP(=O)(OC[C@H]2O[C@@H](n3cc(C)c(=O)[nH]c3=O)C[C@@H]2OP(=O)(OC[C@H]2O[C@@H](n3cnc4c(NC(=O)c5ccccc5)ncnc43)C[C@@H]2OP(OCCC#N)N(C(C)C)C(C)C)Oc2ccccc2Cl)Oc2ccccc2Cl)(c2ccccc2)c2ccc(OC)cc2)cc1. The van der Waals surface area contributed by atoms with Crippen LogP contribution >= 0.6 is 47.4 Å². The van der Waals surface area contributed by atoms with E-state index in [4.69, 9.17) is 87.8 Å². The quantitative estimate of drug-likeness (QED) is 0.0185. The van der Waals surface area contributed by atoms with Gasteiger partial charge in [-0.1, -0.05) is 138 Å². The molecule has 3 unspecified atom stereocenters. The summed E-state index contributed by atoms with van der Waals surface area (Å²) in [7, 11) is -9.53. The molecule has 2 amide bonds. The molecule has 0 aliphatic carbocycles. The average Bonchev–Trinajstić information content (AvgIpc) is 1.63. The van der Waals surface area contributed by atoms with Crippen molar-refractivity contribution in [2.45, 2.75) is 133 Å². The normalized spacial score (nSPS) is 20.2. The van der Waals surface area contributed by atoms with Gasteiger partial charge in [-0.05, 0) is 130 Å². The number of nitrogens with one attached hydrogen (secondary N) is 3. The summed E-state index contributed by atoms with van der Waals surface area (Å²) in [5.74, 6) is -0.249. The van der Waals surface area contributed by atoms with Gasteiger partial charge in [-0.2, -0.15) is 10.2 Å². The van der Waals surface area contributed by atoms with Gasteiger partial charge in [0.05, 0.1) is 75.6 Å². The lowest BCUT2D eigenvalue weighted by atomic mass is 9.80. The van der Waals surface area contributed by atoms with Crippen molar-refractivity contribution in [3.63, 3.8) is 0 Å². The molecular formula is C85H87Cl2N12O21P3. The molecule has 4 aromatic heterocycles. The van der Waals surface area contributed by atoms with Crippen LogP contribution in [0.1, 0.15) is 115 Å². The monoisotopic (exact) mass is 1770 g/mol. The third kappa shape index (κ3) is 20.9. The summed E-state index contributed by atoms with van der Waals surface area (Å²) >= 11 is 13.7. The number of carbonyl (C=O) groups excluding carboxylic acids is 2. The van der Waals surface area contributed by atoms with E-state index in [1.165, 1.54) is 62.3 Å². The summed E-state index contributed by atoms with van der Waals surface area (Å²) in [4.78, 5) is 88.6. The number of benzene rings is 7. The first-order valence-electron chi connectivity index (χ1n) is 39.2. The number of aromatic nitrogens is 8. The number of hydrogen-bond acceptors (Lipinski definition) is 27. The van der Waals surface area contributed by atoms with Crippen LogP contribution < -0.4 is 46.1 Å². The van der Waals surface area contributed by atoms with Crippen LogP contribution in [0.15, 0.2) is 234 Å². The number of rotatable bonds is 37. The first-order valence-corrected chi connectivity index (χ1v) is 44.0.